The minimum absolute atomic E-state index is 0.0923. The smallest absolute Gasteiger partial charge is 0.274 e. The fourth-order valence-corrected chi connectivity index (χ4v) is 2.40. The van der Waals surface area contributed by atoms with Gasteiger partial charge in [-0.1, -0.05) is 18.0 Å². The van der Waals surface area contributed by atoms with E-state index in [1.807, 2.05) is 0 Å². The van der Waals surface area contributed by atoms with E-state index in [-0.39, 0.29) is 11.6 Å². The number of aliphatic hydroxyl groups is 1. The Bertz CT molecular complexity index is 463. The molecule has 1 aliphatic rings. The number of nitrogens with two attached hydrogens (primary N) is 1. The van der Waals surface area contributed by atoms with Crippen molar-refractivity contribution in [3.8, 4) is 0 Å². The molecule has 0 saturated heterocycles. The molecule has 1 fully saturated rings. The summed E-state index contributed by atoms with van der Waals surface area (Å²) in [4.78, 5) is 10.4. The molecule has 18 heavy (non-hydrogen) atoms. The van der Waals surface area contributed by atoms with Gasteiger partial charge < -0.3 is 10.8 Å². The summed E-state index contributed by atoms with van der Waals surface area (Å²) in [5.41, 5.74) is 6.15. The summed E-state index contributed by atoms with van der Waals surface area (Å²) in [5.74, 6) is 0.138. The third-order valence-corrected chi connectivity index (χ3v) is 3.78. The van der Waals surface area contributed by atoms with Crippen molar-refractivity contribution in [1.29, 1.82) is 0 Å². The minimum Gasteiger partial charge on any atom is -0.391 e. The van der Waals surface area contributed by atoms with E-state index in [0.717, 1.165) is 19.3 Å². The number of benzene rings is 1. The zero-order valence-electron chi connectivity index (χ0n) is 9.75. The van der Waals surface area contributed by atoms with Crippen LogP contribution in [0.4, 0.5) is 5.69 Å². The van der Waals surface area contributed by atoms with Crippen molar-refractivity contribution in [2.24, 2.45) is 11.7 Å². The van der Waals surface area contributed by atoms with Crippen LogP contribution in [0, 0.1) is 16.0 Å². The van der Waals surface area contributed by atoms with Crippen LogP contribution in [0.5, 0.6) is 0 Å². The van der Waals surface area contributed by atoms with Crippen molar-refractivity contribution < 1.29 is 10.0 Å². The number of nitrogens with zero attached hydrogens (tertiary/aromatic N) is 1. The first-order chi connectivity index (χ1) is 8.50. The maximum absolute atomic E-state index is 10.9. The highest BCUT2D eigenvalue weighted by Crippen LogP contribution is 2.37. The summed E-state index contributed by atoms with van der Waals surface area (Å²) < 4.78 is 0. The highest BCUT2D eigenvalue weighted by Gasteiger charge is 2.33. The van der Waals surface area contributed by atoms with Gasteiger partial charge in [0.1, 0.15) is 0 Å². The van der Waals surface area contributed by atoms with Crippen LogP contribution in [0.2, 0.25) is 5.02 Å². The van der Waals surface area contributed by atoms with Crippen molar-refractivity contribution >= 4 is 17.3 Å². The summed E-state index contributed by atoms with van der Waals surface area (Å²) in [6.45, 7) is 0. The zero-order chi connectivity index (χ0) is 13.3. The summed E-state index contributed by atoms with van der Waals surface area (Å²) >= 11 is 5.84. The maximum Gasteiger partial charge on any atom is 0.274 e. The molecule has 98 valence electrons. The lowest BCUT2D eigenvalue weighted by Crippen LogP contribution is -2.36. The van der Waals surface area contributed by atoms with E-state index in [0.29, 0.717) is 10.6 Å². The molecule has 0 aromatic heterocycles. The standard InChI is InChI=1S/C12H15ClN2O3/c13-8-4-5-10(15(17)18)9(6-8)11(14)12(16)7-2-1-3-7/h4-7,11-12,16H,1-3,14H2/t11-,12+/m1/s1. The van der Waals surface area contributed by atoms with Crippen LogP contribution >= 0.6 is 11.6 Å². The molecule has 0 spiro atoms. The van der Waals surface area contributed by atoms with Gasteiger partial charge in [0.25, 0.3) is 5.69 Å². The molecule has 1 aromatic carbocycles. The predicted octanol–water partition coefficient (Wildman–Crippen LogP) is 2.41. The Kier molecular flexibility index (Phi) is 3.85. The van der Waals surface area contributed by atoms with Crippen LogP contribution in [0.25, 0.3) is 0 Å². The molecule has 1 aliphatic carbocycles. The van der Waals surface area contributed by atoms with Gasteiger partial charge in [-0.3, -0.25) is 10.1 Å². The molecule has 0 radical (unpaired) electrons. The molecule has 0 aliphatic heterocycles. The average Bonchev–Trinajstić information content (AvgIpc) is 2.25. The number of rotatable bonds is 4. The van der Waals surface area contributed by atoms with Crippen molar-refractivity contribution in [3.05, 3.63) is 38.9 Å². The van der Waals surface area contributed by atoms with Gasteiger partial charge in [0.15, 0.2) is 0 Å². The normalized spacial score (nSPS) is 19.1. The van der Waals surface area contributed by atoms with Gasteiger partial charge in [-0.05, 0) is 30.9 Å². The molecule has 0 amide bonds. The largest absolute Gasteiger partial charge is 0.391 e. The van der Waals surface area contributed by atoms with E-state index in [1.165, 1.54) is 18.2 Å². The number of aliphatic hydroxyl groups excluding tert-OH is 1. The Morgan fingerprint density at radius 1 is 1.50 bits per heavy atom. The van der Waals surface area contributed by atoms with Crippen molar-refractivity contribution in [2.75, 3.05) is 0 Å². The van der Waals surface area contributed by atoms with Crippen LogP contribution in [0.15, 0.2) is 18.2 Å². The SMILES string of the molecule is N[C@H](c1cc(Cl)ccc1[N+](=O)[O-])[C@@H](O)C1CCC1. The third-order valence-electron chi connectivity index (χ3n) is 3.55. The van der Waals surface area contributed by atoms with Crippen LogP contribution in [0.1, 0.15) is 30.9 Å². The predicted molar refractivity (Wildman–Crippen MR) is 68.4 cm³/mol. The molecular formula is C12H15ClN2O3. The van der Waals surface area contributed by atoms with E-state index >= 15 is 0 Å². The number of hydrogen-bond donors (Lipinski definition) is 2. The number of hydrogen-bond acceptors (Lipinski definition) is 4. The van der Waals surface area contributed by atoms with Gasteiger partial charge in [-0.25, -0.2) is 0 Å². The molecule has 5 nitrogen and oxygen atoms in total. The van der Waals surface area contributed by atoms with Gasteiger partial charge in [0.05, 0.1) is 22.6 Å². The summed E-state index contributed by atoms with van der Waals surface area (Å²) in [6.07, 6.45) is 2.16. The molecule has 1 aromatic rings. The van der Waals surface area contributed by atoms with Gasteiger partial charge in [-0.2, -0.15) is 0 Å². The van der Waals surface area contributed by atoms with Crippen molar-refractivity contribution in [2.45, 2.75) is 31.4 Å². The quantitative estimate of drug-likeness (QED) is 0.649. The average molecular weight is 271 g/mol. The molecule has 0 bridgehead atoms. The van der Waals surface area contributed by atoms with E-state index in [2.05, 4.69) is 0 Å². The Hall–Kier alpha value is -1.17. The van der Waals surface area contributed by atoms with Gasteiger partial charge >= 0.3 is 0 Å². The number of nitro groups is 1. The number of nitro benzene ring substituents is 1. The zero-order valence-corrected chi connectivity index (χ0v) is 10.5. The lowest BCUT2D eigenvalue weighted by atomic mass is 9.77. The maximum atomic E-state index is 10.9. The molecule has 6 heteroatoms. The van der Waals surface area contributed by atoms with Crippen LogP contribution in [-0.2, 0) is 0 Å². The fraction of sp³-hybridized carbons (Fsp3) is 0.500. The second-order valence-corrected chi connectivity index (χ2v) is 5.10. The topological polar surface area (TPSA) is 89.4 Å². The van der Waals surface area contributed by atoms with E-state index in [4.69, 9.17) is 17.3 Å². The fourth-order valence-electron chi connectivity index (χ4n) is 2.22. The third kappa shape index (κ3) is 2.48. The highest BCUT2D eigenvalue weighted by atomic mass is 35.5. The first-order valence-electron chi connectivity index (χ1n) is 5.88. The van der Waals surface area contributed by atoms with Crippen LogP contribution < -0.4 is 5.73 Å². The molecule has 0 unspecified atom stereocenters. The summed E-state index contributed by atoms with van der Waals surface area (Å²) in [5, 5.41) is 21.4. The van der Waals surface area contributed by atoms with Gasteiger partial charge in [0.2, 0.25) is 0 Å². The molecule has 3 N–H and O–H groups in total. The first kappa shape index (κ1) is 13.3. The molecular weight excluding hydrogens is 256 g/mol. The Labute approximate surface area is 110 Å². The monoisotopic (exact) mass is 270 g/mol. The Morgan fingerprint density at radius 2 is 2.17 bits per heavy atom. The second kappa shape index (κ2) is 5.22. The van der Waals surface area contributed by atoms with E-state index in [9.17, 15) is 15.2 Å². The Morgan fingerprint density at radius 3 is 2.67 bits per heavy atom. The van der Waals surface area contributed by atoms with Crippen molar-refractivity contribution in [3.63, 3.8) is 0 Å². The van der Waals surface area contributed by atoms with Crippen LogP contribution in [-0.4, -0.2) is 16.1 Å². The lowest BCUT2D eigenvalue weighted by Gasteiger charge is -2.33. The summed E-state index contributed by atoms with van der Waals surface area (Å²) in [6, 6.07) is 3.47. The molecule has 2 atom stereocenters. The minimum atomic E-state index is -0.769. The molecule has 1 saturated carbocycles. The molecule has 2 rings (SSSR count). The highest BCUT2D eigenvalue weighted by molar-refractivity contribution is 6.30. The lowest BCUT2D eigenvalue weighted by molar-refractivity contribution is -0.385. The van der Waals surface area contributed by atoms with E-state index in [1.54, 1.807) is 0 Å². The second-order valence-electron chi connectivity index (χ2n) is 4.67. The van der Waals surface area contributed by atoms with E-state index < -0.39 is 17.1 Å². The number of halogens is 1. The van der Waals surface area contributed by atoms with Crippen molar-refractivity contribution in [1.82, 2.24) is 0 Å². The Balaban J connectivity index is 2.29. The summed E-state index contributed by atoms with van der Waals surface area (Å²) in [7, 11) is 0. The first-order valence-corrected chi connectivity index (χ1v) is 6.26. The van der Waals surface area contributed by atoms with Gasteiger partial charge in [-0.15, -0.1) is 0 Å². The van der Waals surface area contributed by atoms with Crippen LogP contribution in [0.3, 0.4) is 0 Å². The molecule has 0 heterocycles. The van der Waals surface area contributed by atoms with Gasteiger partial charge in [0, 0.05) is 11.1 Å².